The van der Waals surface area contributed by atoms with Crippen LogP contribution in [0.1, 0.15) is 53.6 Å². The SMILES string of the molecule is N=C(c1ccc(N2CCC(N3CCCCC3)CC2)c([N+](=O)[O-])c1)c1ccccc1C(N)=O. The molecular weight excluding hydrogens is 406 g/mol. The second-order valence-electron chi connectivity index (χ2n) is 8.56. The molecule has 2 aliphatic heterocycles. The molecule has 0 aromatic heterocycles. The topological polar surface area (TPSA) is 117 Å². The molecule has 0 saturated carbocycles. The predicted octanol–water partition coefficient (Wildman–Crippen LogP) is 3.56. The van der Waals surface area contributed by atoms with Gasteiger partial charge in [-0.2, -0.15) is 0 Å². The van der Waals surface area contributed by atoms with Gasteiger partial charge in [0, 0.05) is 41.9 Å². The zero-order chi connectivity index (χ0) is 22.7. The third-order valence-corrected chi connectivity index (χ3v) is 6.63. The summed E-state index contributed by atoms with van der Waals surface area (Å²) in [5.41, 5.74) is 7.03. The first-order chi connectivity index (χ1) is 15.5. The first-order valence-electron chi connectivity index (χ1n) is 11.2. The zero-order valence-electron chi connectivity index (χ0n) is 18.1. The molecule has 168 valence electrons. The molecule has 8 heteroatoms. The molecule has 0 spiro atoms. The van der Waals surface area contributed by atoms with Crippen LogP contribution in [0.4, 0.5) is 11.4 Å². The van der Waals surface area contributed by atoms with Crippen molar-refractivity contribution in [2.24, 2.45) is 5.73 Å². The number of nitrogens with one attached hydrogen (secondary N) is 1. The molecule has 2 fully saturated rings. The quantitative estimate of drug-likeness (QED) is 0.409. The van der Waals surface area contributed by atoms with Crippen molar-refractivity contribution in [1.29, 1.82) is 5.41 Å². The van der Waals surface area contributed by atoms with E-state index in [1.807, 2.05) is 0 Å². The fourth-order valence-electron chi connectivity index (χ4n) is 4.92. The molecule has 1 amide bonds. The van der Waals surface area contributed by atoms with E-state index in [0.29, 0.717) is 22.9 Å². The average molecular weight is 436 g/mol. The fourth-order valence-corrected chi connectivity index (χ4v) is 4.92. The van der Waals surface area contributed by atoms with Crippen molar-refractivity contribution in [1.82, 2.24) is 4.90 Å². The third-order valence-electron chi connectivity index (χ3n) is 6.63. The Kier molecular flexibility index (Phi) is 6.50. The molecular formula is C24H29N5O3. The lowest BCUT2D eigenvalue weighted by atomic mass is 9.96. The normalized spacial score (nSPS) is 17.8. The number of nitrogens with two attached hydrogens (primary N) is 1. The first kappa shape index (κ1) is 22.0. The summed E-state index contributed by atoms with van der Waals surface area (Å²) < 4.78 is 0. The highest BCUT2D eigenvalue weighted by molar-refractivity contribution is 6.16. The number of piperidine rings is 2. The smallest absolute Gasteiger partial charge is 0.293 e. The number of anilines is 1. The number of hydrogen-bond acceptors (Lipinski definition) is 6. The van der Waals surface area contributed by atoms with Gasteiger partial charge in [0.15, 0.2) is 0 Å². The van der Waals surface area contributed by atoms with Crippen molar-refractivity contribution < 1.29 is 9.72 Å². The van der Waals surface area contributed by atoms with Crippen LogP contribution in [0.5, 0.6) is 0 Å². The Morgan fingerprint density at radius 1 is 1.00 bits per heavy atom. The van der Waals surface area contributed by atoms with Gasteiger partial charge in [-0.05, 0) is 50.9 Å². The minimum absolute atomic E-state index is 0.0137. The number of nitrogens with zero attached hydrogens (tertiary/aromatic N) is 3. The van der Waals surface area contributed by atoms with Gasteiger partial charge < -0.3 is 15.5 Å². The standard InChI is InChI=1S/C24H29N5O3/c25-23(19-6-2-3-7-20(19)24(26)30)17-8-9-21(22(16-17)29(31)32)28-14-10-18(11-15-28)27-12-4-1-5-13-27/h2-3,6-9,16,18,25H,1,4-5,10-15H2,(H2,26,30). The monoisotopic (exact) mass is 435 g/mol. The summed E-state index contributed by atoms with van der Waals surface area (Å²) in [5.74, 6) is -0.631. The van der Waals surface area contributed by atoms with E-state index in [1.165, 1.54) is 25.3 Å². The summed E-state index contributed by atoms with van der Waals surface area (Å²) in [6, 6.07) is 12.0. The highest BCUT2D eigenvalue weighted by atomic mass is 16.6. The lowest BCUT2D eigenvalue weighted by Gasteiger charge is -2.40. The van der Waals surface area contributed by atoms with Crippen molar-refractivity contribution in [3.05, 3.63) is 69.3 Å². The van der Waals surface area contributed by atoms with Gasteiger partial charge in [-0.1, -0.05) is 30.7 Å². The van der Waals surface area contributed by atoms with Gasteiger partial charge in [0.05, 0.1) is 10.6 Å². The van der Waals surface area contributed by atoms with Crippen LogP contribution in [0.2, 0.25) is 0 Å². The van der Waals surface area contributed by atoms with Crippen molar-refractivity contribution in [3.63, 3.8) is 0 Å². The number of nitro groups is 1. The van der Waals surface area contributed by atoms with Gasteiger partial charge in [0.25, 0.3) is 5.69 Å². The second kappa shape index (κ2) is 9.48. The van der Waals surface area contributed by atoms with Crippen LogP contribution in [-0.4, -0.2) is 53.7 Å². The molecule has 0 radical (unpaired) electrons. The minimum Gasteiger partial charge on any atom is -0.366 e. The highest BCUT2D eigenvalue weighted by Gasteiger charge is 2.29. The van der Waals surface area contributed by atoms with E-state index in [0.717, 1.165) is 39.0 Å². The second-order valence-corrected chi connectivity index (χ2v) is 8.56. The third kappa shape index (κ3) is 4.50. The Hall–Kier alpha value is -3.26. The van der Waals surface area contributed by atoms with Gasteiger partial charge >= 0.3 is 0 Å². The Balaban J connectivity index is 1.55. The van der Waals surface area contributed by atoms with Crippen molar-refractivity contribution in [2.75, 3.05) is 31.1 Å². The Morgan fingerprint density at radius 2 is 1.66 bits per heavy atom. The van der Waals surface area contributed by atoms with Crippen LogP contribution in [0, 0.1) is 15.5 Å². The number of primary amides is 1. The number of likely N-dealkylation sites (tertiary alicyclic amines) is 1. The number of carbonyl (C=O) groups excluding carboxylic acids is 1. The van der Waals surface area contributed by atoms with E-state index in [-0.39, 0.29) is 21.9 Å². The van der Waals surface area contributed by atoms with Crippen LogP contribution in [0.3, 0.4) is 0 Å². The lowest BCUT2D eigenvalue weighted by Crippen LogP contribution is -2.46. The number of carbonyl (C=O) groups is 1. The summed E-state index contributed by atoms with van der Waals surface area (Å²) in [5, 5.41) is 20.4. The predicted molar refractivity (Wildman–Crippen MR) is 125 cm³/mol. The van der Waals surface area contributed by atoms with E-state index in [4.69, 9.17) is 11.1 Å². The van der Waals surface area contributed by atoms with Crippen LogP contribution in [0.15, 0.2) is 42.5 Å². The largest absolute Gasteiger partial charge is 0.366 e. The van der Waals surface area contributed by atoms with Gasteiger partial charge in [-0.25, -0.2) is 0 Å². The summed E-state index contributed by atoms with van der Waals surface area (Å²) in [6.45, 7) is 3.88. The summed E-state index contributed by atoms with van der Waals surface area (Å²) in [4.78, 5) is 27.9. The highest BCUT2D eigenvalue weighted by Crippen LogP contribution is 2.33. The molecule has 2 heterocycles. The average Bonchev–Trinajstić information content (AvgIpc) is 2.84. The van der Waals surface area contributed by atoms with Gasteiger partial charge in [0.2, 0.25) is 5.91 Å². The molecule has 0 unspecified atom stereocenters. The lowest BCUT2D eigenvalue weighted by molar-refractivity contribution is -0.384. The van der Waals surface area contributed by atoms with Crippen molar-refractivity contribution in [2.45, 2.75) is 38.1 Å². The maximum Gasteiger partial charge on any atom is 0.293 e. The molecule has 32 heavy (non-hydrogen) atoms. The Morgan fingerprint density at radius 3 is 2.28 bits per heavy atom. The molecule has 2 aromatic rings. The molecule has 0 bridgehead atoms. The van der Waals surface area contributed by atoms with Crippen LogP contribution < -0.4 is 10.6 Å². The van der Waals surface area contributed by atoms with Gasteiger partial charge in [-0.3, -0.25) is 20.3 Å². The van der Waals surface area contributed by atoms with Gasteiger partial charge in [-0.15, -0.1) is 0 Å². The summed E-state index contributed by atoms with van der Waals surface area (Å²) in [7, 11) is 0. The van der Waals surface area contributed by atoms with Gasteiger partial charge in [0.1, 0.15) is 5.69 Å². The number of nitro benzene ring substituents is 1. The summed E-state index contributed by atoms with van der Waals surface area (Å²) in [6.07, 6.45) is 5.84. The Labute approximate surface area is 187 Å². The van der Waals surface area contributed by atoms with Crippen molar-refractivity contribution >= 4 is 23.0 Å². The molecule has 2 aromatic carbocycles. The number of amides is 1. The molecule has 0 aliphatic carbocycles. The molecule has 3 N–H and O–H groups in total. The van der Waals surface area contributed by atoms with E-state index in [9.17, 15) is 14.9 Å². The zero-order valence-corrected chi connectivity index (χ0v) is 18.1. The van der Waals surface area contributed by atoms with Crippen LogP contribution in [0.25, 0.3) is 0 Å². The van der Waals surface area contributed by atoms with Crippen LogP contribution in [-0.2, 0) is 0 Å². The molecule has 0 atom stereocenters. The van der Waals surface area contributed by atoms with E-state index in [1.54, 1.807) is 36.4 Å². The first-order valence-corrected chi connectivity index (χ1v) is 11.2. The molecule has 2 saturated heterocycles. The van der Waals surface area contributed by atoms with E-state index in [2.05, 4.69) is 9.80 Å². The molecule has 4 rings (SSSR count). The number of hydrogen-bond donors (Lipinski definition) is 2. The number of benzene rings is 2. The number of rotatable bonds is 6. The maximum atomic E-state index is 11.9. The van der Waals surface area contributed by atoms with E-state index < -0.39 is 5.91 Å². The van der Waals surface area contributed by atoms with Crippen molar-refractivity contribution in [3.8, 4) is 0 Å². The fraction of sp³-hybridized carbons (Fsp3) is 0.417. The minimum atomic E-state index is -0.631. The van der Waals surface area contributed by atoms with Crippen LogP contribution >= 0.6 is 0 Å². The maximum absolute atomic E-state index is 11.9. The molecule has 2 aliphatic rings. The summed E-state index contributed by atoms with van der Waals surface area (Å²) >= 11 is 0. The molecule has 8 nitrogen and oxygen atoms in total. The Bertz CT molecular complexity index is 1020. The van der Waals surface area contributed by atoms with E-state index >= 15 is 0 Å².